The summed E-state index contributed by atoms with van der Waals surface area (Å²) >= 11 is 0. The summed E-state index contributed by atoms with van der Waals surface area (Å²) in [6, 6.07) is 10.1. The predicted molar refractivity (Wildman–Crippen MR) is 222 cm³/mol. The number of nitrogens with zero attached hydrogens (tertiary/aromatic N) is 2. The molecule has 0 aliphatic rings. The van der Waals surface area contributed by atoms with Crippen molar-refractivity contribution in [1.29, 1.82) is 0 Å². The molecule has 18 heteroatoms. The largest absolute Gasteiger partial charge is 0.559 e. The Morgan fingerprint density at radius 3 is 1.48 bits per heavy atom. The Morgan fingerprint density at radius 1 is 0.714 bits per heavy atom. The van der Waals surface area contributed by atoms with Crippen molar-refractivity contribution < 1.29 is 66.3 Å². The van der Waals surface area contributed by atoms with Gasteiger partial charge >= 0.3 is 22.3 Å². The van der Waals surface area contributed by atoms with Gasteiger partial charge in [0, 0.05) is 21.3 Å². The second-order valence-corrected chi connectivity index (χ2v) is 14.4. The van der Waals surface area contributed by atoms with Crippen molar-refractivity contribution in [3.63, 3.8) is 0 Å². The van der Waals surface area contributed by atoms with Crippen LogP contribution in [0.3, 0.4) is 0 Å². The summed E-state index contributed by atoms with van der Waals surface area (Å²) in [4.78, 5) is 11.1. The number of hydrogen-bond acceptors (Lipinski definition) is 16. The minimum atomic E-state index is -1.20. The second kappa shape index (κ2) is 45.8. The van der Waals surface area contributed by atoms with Gasteiger partial charge in [-0.1, -0.05) is 65.8 Å². The van der Waals surface area contributed by atoms with Gasteiger partial charge in [0.15, 0.2) is 0 Å². The summed E-state index contributed by atoms with van der Waals surface area (Å²) in [6.07, 6.45) is 5.46. The van der Waals surface area contributed by atoms with Crippen molar-refractivity contribution in [2.24, 2.45) is 14.9 Å². The molecule has 0 spiro atoms. The maximum absolute atomic E-state index is 11.1. The molecule has 0 saturated carbocycles. The SMILES string of the molecule is CCC(C)(C)C(=O)OCCO.CCC(C)O.CN=[P+](OC/C=C/c1ccccc1)OCCOCCOC.CN=[P+](OCCOCCOC)OCCOCCOC. The second-order valence-electron chi connectivity index (χ2n) is 11.7. The van der Waals surface area contributed by atoms with Gasteiger partial charge in [-0.25, -0.2) is 0 Å². The molecule has 0 fully saturated rings. The van der Waals surface area contributed by atoms with E-state index in [-0.39, 0.29) is 25.3 Å². The van der Waals surface area contributed by atoms with Crippen LogP contribution >= 0.6 is 16.3 Å². The molecular weight excluding hydrogens is 770 g/mol. The average Bonchev–Trinajstić information content (AvgIpc) is 3.21. The van der Waals surface area contributed by atoms with Crippen LogP contribution in [0.2, 0.25) is 0 Å². The van der Waals surface area contributed by atoms with E-state index in [2.05, 4.69) is 9.49 Å². The molecule has 1 rings (SSSR count). The summed E-state index contributed by atoms with van der Waals surface area (Å²) in [5.41, 5.74) is 0.723. The highest BCUT2D eigenvalue weighted by molar-refractivity contribution is 7.36. The van der Waals surface area contributed by atoms with E-state index in [4.69, 9.17) is 61.5 Å². The number of aliphatic hydroxyl groups excluding tert-OH is 2. The summed E-state index contributed by atoms with van der Waals surface area (Å²) in [5, 5.41) is 16.7. The standard InChI is InChI=1S/C15H23NO4P.C11H25NO6P.C8H16O3.C4H10O/c1-16-21(20-14-13-18-12-11-17-2)19-10-6-9-15-7-4-3-5-8-15;1-12-19(17-10-8-15-6-4-13-2)18-11-9-16-7-5-14-3;1-4-8(2,3)7(10)11-6-5-9;1-3-4(2)5/h3-9H,10-14H2,1-2H3;4-11H2,1-3H3;9H,4-6H2,1-3H3;4-5H,3H2,1-2H3/q2*+1;;/b9-6+;;;. The van der Waals surface area contributed by atoms with Crippen LogP contribution in [-0.2, 0) is 56.0 Å². The Hall–Kier alpha value is -1.85. The summed E-state index contributed by atoms with van der Waals surface area (Å²) < 4.78 is 65.2. The van der Waals surface area contributed by atoms with Gasteiger partial charge in [-0.05, 0) is 39.2 Å². The number of aliphatic hydroxyl groups is 2. The molecule has 0 heterocycles. The molecule has 0 aromatic heterocycles. The zero-order valence-electron chi connectivity index (χ0n) is 35.7. The highest BCUT2D eigenvalue weighted by Gasteiger charge is 2.26. The van der Waals surface area contributed by atoms with Gasteiger partial charge in [0.1, 0.15) is 33.0 Å². The minimum Gasteiger partial charge on any atom is -0.463 e. The van der Waals surface area contributed by atoms with Crippen molar-refractivity contribution in [2.45, 2.75) is 53.6 Å². The molecular formula is C38H74N2O14P2+2. The fourth-order valence-corrected chi connectivity index (χ4v) is 4.41. The van der Waals surface area contributed by atoms with Crippen molar-refractivity contribution in [1.82, 2.24) is 0 Å². The maximum atomic E-state index is 11.1. The lowest BCUT2D eigenvalue weighted by atomic mass is 9.91. The fourth-order valence-electron chi connectivity index (χ4n) is 2.89. The van der Waals surface area contributed by atoms with Crippen molar-refractivity contribution in [2.75, 3.05) is 135 Å². The molecule has 2 unspecified atom stereocenters. The number of methoxy groups -OCH3 is 3. The Kier molecular flexibility index (Phi) is 47.9. The third-order valence-corrected chi connectivity index (χ3v) is 8.89. The monoisotopic (exact) mass is 844 g/mol. The molecule has 2 N–H and O–H groups in total. The first kappa shape index (κ1) is 58.5. The molecule has 0 saturated heterocycles. The Morgan fingerprint density at radius 2 is 1.12 bits per heavy atom. The molecule has 0 bridgehead atoms. The Labute approximate surface area is 339 Å². The lowest BCUT2D eigenvalue weighted by Gasteiger charge is -2.19. The van der Waals surface area contributed by atoms with E-state index in [1.165, 1.54) is 0 Å². The molecule has 1 aromatic rings. The smallest absolute Gasteiger partial charge is 0.463 e. The first-order chi connectivity index (χ1) is 27.0. The van der Waals surface area contributed by atoms with Crippen LogP contribution in [0.25, 0.3) is 6.08 Å². The normalized spacial score (nSPS) is 11.8. The lowest BCUT2D eigenvalue weighted by Crippen LogP contribution is -2.26. The van der Waals surface area contributed by atoms with Crippen LogP contribution in [0.4, 0.5) is 0 Å². The van der Waals surface area contributed by atoms with Crippen LogP contribution in [0.5, 0.6) is 0 Å². The number of ether oxygens (including phenoxy) is 7. The molecule has 0 aliphatic carbocycles. The van der Waals surface area contributed by atoms with Crippen LogP contribution in [0.15, 0.2) is 45.9 Å². The van der Waals surface area contributed by atoms with E-state index in [9.17, 15) is 4.79 Å². The molecule has 328 valence electrons. The summed E-state index contributed by atoms with van der Waals surface area (Å²) in [6.45, 7) is 16.1. The highest BCUT2D eigenvalue weighted by Crippen LogP contribution is 2.28. The van der Waals surface area contributed by atoms with Gasteiger partial charge in [-0.15, -0.1) is 18.1 Å². The third-order valence-electron chi connectivity index (χ3n) is 6.65. The first-order valence-corrected chi connectivity index (χ1v) is 21.0. The predicted octanol–water partition coefficient (Wildman–Crippen LogP) is 6.73. The Bertz CT molecular complexity index is 1050. The number of benzene rings is 1. The number of hydrogen-bond donors (Lipinski definition) is 2. The van der Waals surface area contributed by atoms with E-state index in [1.54, 1.807) is 42.3 Å². The van der Waals surface area contributed by atoms with Gasteiger partial charge < -0.3 is 43.4 Å². The zero-order valence-corrected chi connectivity index (χ0v) is 37.5. The van der Waals surface area contributed by atoms with E-state index >= 15 is 0 Å². The average molecular weight is 845 g/mol. The third kappa shape index (κ3) is 43.3. The van der Waals surface area contributed by atoms with Gasteiger partial charge in [-0.2, -0.15) is 0 Å². The van der Waals surface area contributed by atoms with E-state index in [0.717, 1.165) is 18.4 Å². The number of rotatable bonds is 30. The van der Waals surface area contributed by atoms with Crippen molar-refractivity contribution in [3.05, 3.63) is 42.0 Å². The minimum absolute atomic E-state index is 0.0995. The molecule has 16 nitrogen and oxygen atoms in total. The topological polar surface area (TPSA) is 184 Å². The van der Waals surface area contributed by atoms with Crippen LogP contribution in [0, 0.1) is 5.41 Å². The van der Waals surface area contributed by atoms with Gasteiger partial charge in [0.05, 0.1) is 91.7 Å². The van der Waals surface area contributed by atoms with E-state index in [0.29, 0.717) is 85.9 Å². The summed E-state index contributed by atoms with van der Waals surface area (Å²) in [7, 11) is 5.87. The van der Waals surface area contributed by atoms with Crippen molar-refractivity contribution in [3.8, 4) is 0 Å². The fraction of sp³-hybridized carbons (Fsp3) is 0.763. The number of carbonyl (C=O) groups excluding carboxylic acids is 1. The quantitative estimate of drug-likeness (QED) is 0.0472. The first-order valence-electron chi connectivity index (χ1n) is 18.7. The maximum Gasteiger partial charge on any atom is 0.559 e. The molecule has 56 heavy (non-hydrogen) atoms. The van der Waals surface area contributed by atoms with Crippen LogP contribution in [0.1, 0.15) is 53.0 Å². The molecule has 0 amide bonds. The van der Waals surface area contributed by atoms with Crippen LogP contribution < -0.4 is 0 Å². The van der Waals surface area contributed by atoms with E-state index < -0.39 is 21.7 Å². The van der Waals surface area contributed by atoms with E-state index in [1.807, 2.05) is 70.2 Å². The van der Waals surface area contributed by atoms with Gasteiger partial charge in [-0.3, -0.25) is 4.79 Å². The van der Waals surface area contributed by atoms with Gasteiger partial charge in [0.25, 0.3) is 0 Å². The molecule has 1 aromatic carbocycles. The zero-order chi connectivity index (χ0) is 42.5. The lowest BCUT2D eigenvalue weighted by molar-refractivity contribution is -0.155. The summed E-state index contributed by atoms with van der Waals surface area (Å²) in [5.74, 6) is -0.242. The Balaban J connectivity index is -0.000000735. The van der Waals surface area contributed by atoms with Crippen LogP contribution in [-0.4, -0.2) is 157 Å². The molecule has 2 atom stereocenters. The number of esters is 1. The molecule has 0 aliphatic heterocycles. The molecule has 0 radical (unpaired) electrons. The van der Waals surface area contributed by atoms with Gasteiger partial charge in [0.2, 0.25) is 0 Å². The van der Waals surface area contributed by atoms with Crippen molar-refractivity contribution >= 4 is 28.4 Å². The highest BCUT2D eigenvalue weighted by atomic mass is 31.1. The number of carbonyl (C=O) groups is 1.